The average Bonchev–Trinajstić information content (AvgIpc) is 3.08. The summed E-state index contributed by atoms with van der Waals surface area (Å²) in [6.45, 7) is 5.89. The van der Waals surface area contributed by atoms with Crippen molar-refractivity contribution in [2.75, 3.05) is 48.4 Å². The SMILES string of the molecule is CCNC(=O)Nc1ccc(-c2nc(NC3CCNCC3)nc(N3C4CCC3COC4)n2)cc1. The van der Waals surface area contributed by atoms with E-state index in [1.165, 1.54) is 0 Å². The number of carbonyl (C=O) groups excluding carboxylic acids is 1. The van der Waals surface area contributed by atoms with Gasteiger partial charge >= 0.3 is 6.03 Å². The van der Waals surface area contributed by atoms with Crippen molar-refractivity contribution in [1.82, 2.24) is 25.6 Å². The first-order chi connectivity index (χ1) is 16.2. The van der Waals surface area contributed by atoms with Crippen LogP contribution in [0.5, 0.6) is 0 Å². The number of ether oxygens (including phenoxy) is 1. The van der Waals surface area contributed by atoms with Gasteiger partial charge in [-0.15, -0.1) is 0 Å². The zero-order valence-electron chi connectivity index (χ0n) is 19.0. The first kappa shape index (κ1) is 21.8. The fraction of sp³-hybridized carbons (Fsp3) is 0.565. The normalized spacial score (nSPS) is 22.8. The summed E-state index contributed by atoms with van der Waals surface area (Å²) in [5, 5.41) is 12.5. The number of amides is 2. The largest absolute Gasteiger partial charge is 0.377 e. The third-order valence-electron chi connectivity index (χ3n) is 6.51. The number of morpholine rings is 1. The maximum atomic E-state index is 11.8. The van der Waals surface area contributed by atoms with E-state index in [4.69, 9.17) is 19.7 Å². The van der Waals surface area contributed by atoms with Crippen LogP contribution < -0.4 is 26.2 Å². The zero-order valence-corrected chi connectivity index (χ0v) is 19.0. The van der Waals surface area contributed by atoms with Crippen molar-refractivity contribution in [1.29, 1.82) is 0 Å². The Balaban J connectivity index is 1.43. The molecule has 0 saturated carbocycles. The van der Waals surface area contributed by atoms with Gasteiger partial charge in [-0.3, -0.25) is 0 Å². The van der Waals surface area contributed by atoms with Crippen LogP contribution in [0, 0.1) is 0 Å². The number of urea groups is 1. The predicted molar refractivity (Wildman–Crippen MR) is 128 cm³/mol. The van der Waals surface area contributed by atoms with Crippen LogP contribution in [0.1, 0.15) is 32.6 Å². The molecule has 176 valence electrons. The van der Waals surface area contributed by atoms with Gasteiger partial charge in [0, 0.05) is 23.8 Å². The van der Waals surface area contributed by atoms with Gasteiger partial charge in [-0.2, -0.15) is 15.0 Å². The molecule has 2 aromatic rings. The molecule has 1 aromatic heterocycles. The van der Waals surface area contributed by atoms with Crippen molar-refractivity contribution in [3.05, 3.63) is 24.3 Å². The lowest BCUT2D eigenvalue weighted by molar-refractivity contribution is 0.0897. The highest BCUT2D eigenvalue weighted by Gasteiger charge is 2.39. The molecule has 0 aliphatic carbocycles. The van der Waals surface area contributed by atoms with Gasteiger partial charge in [0.1, 0.15) is 0 Å². The van der Waals surface area contributed by atoms with Crippen LogP contribution in [0.25, 0.3) is 11.4 Å². The topological polar surface area (TPSA) is 116 Å². The molecule has 2 atom stereocenters. The second-order valence-corrected chi connectivity index (χ2v) is 8.84. The smallest absolute Gasteiger partial charge is 0.319 e. The van der Waals surface area contributed by atoms with E-state index in [1.54, 1.807) is 0 Å². The molecule has 4 N–H and O–H groups in total. The number of fused-ring (bicyclic) bond motifs is 2. The Bertz CT molecular complexity index is 947. The van der Waals surface area contributed by atoms with Crippen LogP contribution >= 0.6 is 0 Å². The number of hydrogen-bond donors (Lipinski definition) is 4. The van der Waals surface area contributed by atoms with Crippen molar-refractivity contribution >= 4 is 23.6 Å². The molecule has 4 heterocycles. The first-order valence-electron chi connectivity index (χ1n) is 11.9. The van der Waals surface area contributed by atoms with Gasteiger partial charge in [0.05, 0.1) is 25.3 Å². The summed E-state index contributed by atoms with van der Waals surface area (Å²) in [4.78, 5) is 28.6. The molecule has 3 aliphatic heterocycles. The monoisotopic (exact) mass is 452 g/mol. The third kappa shape index (κ3) is 5.01. The summed E-state index contributed by atoms with van der Waals surface area (Å²) >= 11 is 0. The van der Waals surface area contributed by atoms with E-state index in [0.717, 1.165) is 69.2 Å². The van der Waals surface area contributed by atoms with E-state index in [0.29, 0.717) is 36.4 Å². The Morgan fingerprint density at radius 3 is 2.48 bits per heavy atom. The molecule has 3 fully saturated rings. The van der Waals surface area contributed by atoms with Gasteiger partial charge in [0.25, 0.3) is 0 Å². The first-order valence-corrected chi connectivity index (χ1v) is 11.9. The van der Waals surface area contributed by atoms with Crippen molar-refractivity contribution in [3.63, 3.8) is 0 Å². The van der Waals surface area contributed by atoms with E-state index in [-0.39, 0.29) is 6.03 Å². The van der Waals surface area contributed by atoms with Gasteiger partial charge < -0.3 is 30.9 Å². The van der Waals surface area contributed by atoms with Gasteiger partial charge in [0.15, 0.2) is 5.82 Å². The minimum Gasteiger partial charge on any atom is -0.377 e. The minimum absolute atomic E-state index is 0.219. The van der Waals surface area contributed by atoms with E-state index in [9.17, 15) is 4.79 Å². The predicted octanol–water partition coefficient (Wildman–Crippen LogP) is 2.21. The van der Waals surface area contributed by atoms with Crippen LogP contribution in [0.4, 0.5) is 22.4 Å². The molecular weight excluding hydrogens is 420 g/mol. The quantitative estimate of drug-likeness (QED) is 0.527. The molecule has 5 rings (SSSR count). The van der Waals surface area contributed by atoms with Gasteiger partial charge in [-0.25, -0.2) is 4.79 Å². The van der Waals surface area contributed by atoms with E-state index >= 15 is 0 Å². The van der Waals surface area contributed by atoms with E-state index < -0.39 is 0 Å². The van der Waals surface area contributed by atoms with Crippen molar-refractivity contribution in [2.45, 2.75) is 50.7 Å². The summed E-state index contributed by atoms with van der Waals surface area (Å²) in [5.74, 6) is 1.97. The third-order valence-corrected chi connectivity index (χ3v) is 6.51. The molecule has 33 heavy (non-hydrogen) atoms. The lowest BCUT2D eigenvalue weighted by Crippen LogP contribution is -2.47. The Labute approximate surface area is 193 Å². The Morgan fingerprint density at radius 2 is 1.79 bits per heavy atom. The maximum absolute atomic E-state index is 11.8. The second kappa shape index (κ2) is 9.88. The van der Waals surface area contributed by atoms with Crippen molar-refractivity contribution < 1.29 is 9.53 Å². The Hall–Kier alpha value is -2.98. The van der Waals surface area contributed by atoms with E-state index in [1.807, 2.05) is 31.2 Å². The van der Waals surface area contributed by atoms with Crippen LogP contribution in [0.3, 0.4) is 0 Å². The van der Waals surface area contributed by atoms with Gasteiger partial charge in [0.2, 0.25) is 11.9 Å². The van der Waals surface area contributed by atoms with Crippen LogP contribution in [-0.2, 0) is 4.74 Å². The number of aromatic nitrogens is 3. The number of hydrogen-bond acceptors (Lipinski definition) is 8. The molecular formula is C23H32N8O2. The molecule has 0 spiro atoms. The van der Waals surface area contributed by atoms with Crippen molar-refractivity contribution in [2.24, 2.45) is 0 Å². The number of benzene rings is 1. The fourth-order valence-corrected chi connectivity index (χ4v) is 4.82. The standard InChI is InChI=1S/C23H32N8O2/c1-2-25-23(32)27-16-5-3-15(4-6-16)20-28-21(26-17-9-11-24-12-10-17)30-22(29-20)31-18-7-8-19(31)14-33-13-18/h3-6,17-19,24H,2,7-14H2,1H3,(H2,25,27,32)(H,26,28,29,30). The highest BCUT2D eigenvalue weighted by Crippen LogP contribution is 2.33. The number of carbonyl (C=O) groups is 1. The second-order valence-electron chi connectivity index (χ2n) is 8.84. The molecule has 10 nitrogen and oxygen atoms in total. The number of piperidine rings is 1. The number of anilines is 3. The Morgan fingerprint density at radius 1 is 1.06 bits per heavy atom. The molecule has 1 aromatic carbocycles. The van der Waals surface area contributed by atoms with Crippen LogP contribution in [0.2, 0.25) is 0 Å². The fourth-order valence-electron chi connectivity index (χ4n) is 4.82. The number of rotatable bonds is 6. The number of nitrogens with zero attached hydrogens (tertiary/aromatic N) is 4. The average molecular weight is 453 g/mol. The highest BCUT2D eigenvalue weighted by atomic mass is 16.5. The molecule has 10 heteroatoms. The van der Waals surface area contributed by atoms with Crippen molar-refractivity contribution in [3.8, 4) is 11.4 Å². The molecule has 3 aliphatic rings. The molecule has 2 amide bonds. The van der Waals surface area contributed by atoms with Crippen LogP contribution in [0.15, 0.2) is 24.3 Å². The summed E-state index contributed by atoms with van der Waals surface area (Å²) in [6.07, 6.45) is 4.28. The Kier molecular flexibility index (Phi) is 6.54. The minimum atomic E-state index is -0.219. The zero-order chi connectivity index (χ0) is 22.6. The van der Waals surface area contributed by atoms with Crippen LogP contribution in [-0.4, -0.2) is 72.0 Å². The lowest BCUT2D eigenvalue weighted by Gasteiger charge is -2.35. The molecule has 0 radical (unpaired) electrons. The maximum Gasteiger partial charge on any atom is 0.319 e. The molecule has 3 saturated heterocycles. The number of nitrogens with one attached hydrogen (secondary N) is 4. The van der Waals surface area contributed by atoms with Gasteiger partial charge in [-0.05, 0) is 70.0 Å². The summed E-state index contributed by atoms with van der Waals surface area (Å²) in [7, 11) is 0. The lowest BCUT2D eigenvalue weighted by atomic mass is 10.1. The summed E-state index contributed by atoms with van der Waals surface area (Å²) < 4.78 is 5.76. The molecule has 2 unspecified atom stereocenters. The molecule has 2 bridgehead atoms. The highest BCUT2D eigenvalue weighted by molar-refractivity contribution is 5.89. The summed E-state index contributed by atoms with van der Waals surface area (Å²) in [6, 6.07) is 8.36. The summed E-state index contributed by atoms with van der Waals surface area (Å²) in [5.41, 5.74) is 1.60. The van der Waals surface area contributed by atoms with Gasteiger partial charge in [-0.1, -0.05) is 0 Å². The van der Waals surface area contributed by atoms with E-state index in [2.05, 4.69) is 26.2 Å².